The molecule has 7 nitrogen and oxygen atoms in total. The molecule has 0 atom stereocenters. The number of carbonyl (C=O) groups excluding carboxylic acids is 2. The maximum atomic E-state index is 13.6. The van der Waals surface area contributed by atoms with Gasteiger partial charge < -0.3 is 14.3 Å². The summed E-state index contributed by atoms with van der Waals surface area (Å²) in [7, 11) is 0. The van der Waals surface area contributed by atoms with Crippen molar-refractivity contribution in [3.8, 4) is 0 Å². The summed E-state index contributed by atoms with van der Waals surface area (Å²) in [5, 5.41) is 4.64. The Morgan fingerprint density at radius 2 is 1.45 bits per heavy atom. The van der Waals surface area contributed by atoms with E-state index in [-0.39, 0.29) is 17.7 Å². The molecule has 1 fully saturated rings. The lowest BCUT2D eigenvalue weighted by atomic mass is 9.90. The molecule has 0 aliphatic carbocycles. The number of aromatic nitrogens is 2. The molecule has 1 saturated heterocycles. The van der Waals surface area contributed by atoms with Crippen LogP contribution in [0.1, 0.15) is 33.1 Å². The molecule has 2 amide bonds. The third-order valence-electron chi connectivity index (χ3n) is 6.15. The minimum absolute atomic E-state index is 0.0580. The number of pyridine rings is 1. The zero-order chi connectivity index (χ0) is 22.8. The molecule has 0 spiro atoms. The molecule has 33 heavy (non-hydrogen) atoms. The highest BCUT2D eigenvalue weighted by Crippen LogP contribution is 2.27. The number of rotatable bonds is 4. The van der Waals surface area contributed by atoms with Gasteiger partial charge in [-0.05, 0) is 24.1 Å². The Morgan fingerprint density at radius 3 is 2.06 bits per heavy atom. The predicted octanol–water partition coefficient (Wildman–Crippen LogP) is 3.65. The maximum absolute atomic E-state index is 13.6. The summed E-state index contributed by atoms with van der Waals surface area (Å²) in [6, 6.07) is 21.5. The average molecular weight is 441 g/mol. The lowest BCUT2D eigenvalue weighted by Crippen LogP contribution is -2.51. The van der Waals surface area contributed by atoms with E-state index in [0.29, 0.717) is 43.1 Å². The van der Waals surface area contributed by atoms with Crippen LogP contribution >= 0.6 is 0 Å². The zero-order valence-corrected chi connectivity index (χ0v) is 18.3. The van der Waals surface area contributed by atoms with Gasteiger partial charge >= 0.3 is 0 Å². The first kappa shape index (κ1) is 20.9. The molecule has 4 aromatic rings. The Labute approximate surface area is 191 Å². The minimum Gasteiger partial charge on any atom is -0.338 e. The quantitative estimate of drug-likeness (QED) is 0.484. The standard InChI is InChI=1S/C26H24N4O3/c1-18-22-16-21(17-27-24(22)33-28-18)25(31)29-12-14-30(15-13-29)26(32)23(19-8-4-2-5-9-19)20-10-6-3-7-11-20/h2-11,16-17,23H,12-15H2,1H3. The zero-order valence-electron chi connectivity index (χ0n) is 18.3. The van der Waals surface area contributed by atoms with E-state index in [2.05, 4.69) is 10.1 Å². The summed E-state index contributed by atoms with van der Waals surface area (Å²) in [5.74, 6) is -0.403. The van der Waals surface area contributed by atoms with Crippen LogP contribution < -0.4 is 0 Å². The van der Waals surface area contributed by atoms with Crippen molar-refractivity contribution < 1.29 is 14.1 Å². The first-order chi connectivity index (χ1) is 16.1. The molecule has 0 bridgehead atoms. The Kier molecular flexibility index (Phi) is 5.60. The van der Waals surface area contributed by atoms with E-state index < -0.39 is 0 Å². The van der Waals surface area contributed by atoms with Gasteiger partial charge in [-0.15, -0.1) is 0 Å². The number of hydrogen-bond acceptors (Lipinski definition) is 5. The van der Waals surface area contributed by atoms with Crippen LogP contribution in [0.2, 0.25) is 0 Å². The monoisotopic (exact) mass is 440 g/mol. The molecule has 3 heterocycles. The Balaban J connectivity index is 1.31. The van der Waals surface area contributed by atoms with Crippen LogP contribution in [0, 0.1) is 6.92 Å². The van der Waals surface area contributed by atoms with E-state index in [0.717, 1.165) is 16.5 Å². The Bertz CT molecular complexity index is 1240. The summed E-state index contributed by atoms with van der Waals surface area (Å²) >= 11 is 0. The second kappa shape index (κ2) is 8.86. The SMILES string of the molecule is Cc1noc2ncc(C(=O)N3CCN(C(=O)C(c4ccccc4)c4ccccc4)CC3)cc12. The fraction of sp³-hybridized carbons (Fsp3) is 0.231. The number of amides is 2. The van der Waals surface area contributed by atoms with Gasteiger partial charge in [-0.25, -0.2) is 4.98 Å². The predicted molar refractivity (Wildman–Crippen MR) is 124 cm³/mol. The van der Waals surface area contributed by atoms with Gasteiger partial charge in [-0.2, -0.15) is 0 Å². The average Bonchev–Trinajstić information content (AvgIpc) is 3.25. The fourth-order valence-electron chi connectivity index (χ4n) is 4.33. The van der Waals surface area contributed by atoms with Crippen molar-refractivity contribution in [2.75, 3.05) is 26.2 Å². The lowest BCUT2D eigenvalue weighted by Gasteiger charge is -2.36. The van der Waals surface area contributed by atoms with Crippen LogP contribution in [0.3, 0.4) is 0 Å². The topological polar surface area (TPSA) is 79.5 Å². The number of aryl methyl sites for hydroxylation is 1. The van der Waals surface area contributed by atoms with Crippen molar-refractivity contribution in [2.45, 2.75) is 12.8 Å². The Morgan fingerprint density at radius 1 is 0.879 bits per heavy atom. The fourth-order valence-corrected chi connectivity index (χ4v) is 4.33. The van der Waals surface area contributed by atoms with E-state index >= 15 is 0 Å². The largest absolute Gasteiger partial charge is 0.338 e. The molecule has 0 radical (unpaired) electrons. The van der Waals surface area contributed by atoms with Gasteiger partial charge in [0, 0.05) is 32.4 Å². The van der Waals surface area contributed by atoms with E-state index in [4.69, 9.17) is 4.52 Å². The molecule has 1 aliphatic rings. The van der Waals surface area contributed by atoms with Gasteiger partial charge in [0.1, 0.15) is 0 Å². The molecule has 5 rings (SSSR count). The van der Waals surface area contributed by atoms with E-state index in [1.807, 2.05) is 72.5 Å². The molecule has 2 aromatic heterocycles. The highest BCUT2D eigenvalue weighted by Gasteiger charge is 2.31. The lowest BCUT2D eigenvalue weighted by molar-refractivity contribution is -0.133. The van der Waals surface area contributed by atoms with Gasteiger partial charge in [-0.1, -0.05) is 65.8 Å². The van der Waals surface area contributed by atoms with Crippen LogP contribution in [0.4, 0.5) is 0 Å². The maximum Gasteiger partial charge on any atom is 0.257 e. The molecule has 0 N–H and O–H groups in total. The van der Waals surface area contributed by atoms with Gasteiger partial charge in [0.05, 0.1) is 22.6 Å². The van der Waals surface area contributed by atoms with Gasteiger partial charge in [0.25, 0.3) is 11.6 Å². The van der Waals surface area contributed by atoms with E-state index in [1.54, 1.807) is 11.0 Å². The van der Waals surface area contributed by atoms with Crippen molar-refractivity contribution >= 4 is 22.9 Å². The van der Waals surface area contributed by atoms with Crippen molar-refractivity contribution in [2.24, 2.45) is 0 Å². The summed E-state index contributed by atoms with van der Waals surface area (Å²) in [5.41, 5.74) is 3.56. The normalized spacial score (nSPS) is 14.1. The van der Waals surface area contributed by atoms with E-state index in [9.17, 15) is 9.59 Å². The summed E-state index contributed by atoms with van der Waals surface area (Å²) < 4.78 is 5.13. The van der Waals surface area contributed by atoms with E-state index in [1.165, 1.54) is 6.20 Å². The van der Waals surface area contributed by atoms with Crippen molar-refractivity contribution in [3.05, 3.63) is 95.3 Å². The summed E-state index contributed by atoms with van der Waals surface area (Å²) in [6.45, 7) is 3.75. The molecular formula is C26H24N4O3. The highest BCUT2D eigenvalue weighted by atomic mass is 16.5. The third kappa shape index (κ3) is 4.09. The smallest absolute Gasteiger partial charge is 0.257 e. The number of hydrogen-bond donors (Lipinski definition) is 0. The van der Waals surface area contributed by atoms with Gasteiger partial charge in [0.2, 0.25) is 5.91 Å². The Hall–Kier alpha value is -4.00. The van der Waals surface area contributed by atoms with Crippen molar-refractivity contribution in [1.29, 1.82) is 0 Å². The molecule has 2 aromatic carbocycles. The highest BCUT2D eigenvalue weighted by molar-refractivity contribution is 5.97. The molecule has 1 aliphatic heterocycles. The molecule has 0 saturated carbocycles. The summed E-state index contributed by atoms with van der Waals surface area (Å²) in [6.07, 6.45) is 1.52. The number of carbonyl (C=O) groups is 2. The van der Waals surface area contributed by atoms with Crippen molar-refractivity contribution in [3.63, 3.8) is 0 Å². The third-order valence-corrected chi connectivity index (χ3v) is 6.15. The van der Waals surface area contributed by atoms with Crippen LogP contribution in [0.5, 0.6) is 0 Å². The number of fused-ring (bicyclic) bond motifs is 1. The van der Waals surface area contributed by atoms with Crippen LogP contribution in [0.15, 0.2) is 77.4 Å². The van der Waals surface area contributed by atoms with Crippen LogP contribution in [-0.2, 0) is 4.79 Å². The molecule has 166 valence electrons. The number of piperazine rings is 1. The molecule has 0 unspecified atom stereocenters. The van der Waals surface area contributed by atoms with Crippen LogP contribution in [0.25, 0.3) is 11.1 Å². The second-order valence-electron chi connectivity index (χ2n) is 8.22. The first-order valence-corrected chi connectivity index (χ1v) is 11.0. The van der Waals surface area contributed by atoms with Crippen molar-refractivity contribution in [1.82, 2.24) is 19.9 Å². The summed E-state index contributed by atoms with van der Waals surface area (Å²) in [4.78, 5) is 34.5. The first-order valence-electron chi connectivity index (χ1n) is 11.0. The van der Waals surface area contributed by atoms with Gasteiger partial charge in [-0.3, -0.25) is 9.59 Å². The van der Waals surface area contributed by atoms with Gasteiger partial charge in [0.15, 0.2) is 0 Å². The minimum atomic E-state index is -0.363. The molecular weight excluding hydrogens is 416 g/mol. The van der Waals surface area contributed by atoms with Crippen LogP contribution in [-0.4, -0.2) is 57.9 Å². The molecule has 7 heteroatoms. The number of benzene rings is 2. The number of nitrogens with zero attached hydrogens (tertiary/aromatic N) is 4. The second-order valence-corrected chi connectivity index (χ2v) is 8.22.